The van der Waals surface area contributed by atoms with Crippen LogP contribution in [0.1, 0.15) is 11.1 Å². The quantitative estimate of drug-likeness (QED) is 0.857. The minimum Gasteiger partial charge on any atom is -0.351 e. The smallest absolute Gasteiger partial charge is 0.234 e. The largest absolute Gasteiger partial charge is 0.351 e. The molecule has 1 aromatic heterocycles. The molecule has 1 heterocycles. The molecule has 0 spiro atoms. The second-order valence-electron chi connectivity index (χ2n) is 4.33. The van der Waals surface area contributed by atoms with E-state index >= 15 is 0 Å². The second kappa shape index (κ2) is 7.62. The van der Waals surface area contributed by atoms with E-state index in [0.717, 1.165) is 11.1 Å². The molecule has 104 valence electrons. The highest BCUT2D eigenvalue weighted by molar-refractivity contribution is 6.31. The third kappa shape index (κ3) is 4.64. The maximum absolute atomic E-state index is 11.7. The molecule has 2 rings (SSSR count). The molecule has 1 amide bonds. The summed E-state index contributed by atoms with van der Waals surface area (Å²) in [7, 11) is 0. The van der Waals surface area contributed by atoms with Crippen molar-refractivity contribution in [3.8, 4) is 0 Å². The van der Waals surface area contributed by atoms with E-state index in [9.17, 15) is 4.79 Å². The summed E-state index contributed by atoms with van der Waals surface area (Å²) in [5.41, 5.74) is 1.96. The monoisotopic (exact) mass is 289 g/mol. The third-order valence-electron chi connectivity index (χ3n) is 2.77. The average Bonchev–Trinajstić information content (AvgIpc) is 2.48. The Morgan fingerprint density at radius 3 is 2.75 bits per heavy atom. The van der Waals surface area contributed by atoms with Gasteiger partial charge in [0.2, 0.25) is 5.91 Å². The fraction of sp³-hybridized carbons (Fsp3) is 0.200. The molecular formula is C15H16ClN3O. The average molecular weight is 290 g/mol. The van der Waals surface area contributed by atoms with Crippen molar-refractivity contribution < 1.29 is 4.79 Å². The summed E-state index contributed by atoms with van der Waals surface area (Å²) in [5.74, 6) is -0.0547. The Bertz CT molecular complexity index is 560. The van der Waals surface area contributed by atoms with E-state index in [1.165, 1.54) is 0 Å². The first-order valence-corrected chi connectivity index (χ1v) is 6.73. The number of hydrogen-bond donors (Lipinski definition) is 2. The lowest BCUT2D eigenvalue weighted by Gasteiger charge is -2.07. The molecule has 0 saturated heterocycles. The van der Waals surface area contributed by atoms with E-state index in [1.807, 2.05) is 36.4 Å². The summed E-state index contributed by atoms with van der Waals surface area (Å²) in [6, 6.07) is 11.3. The molecule has 0 unspecified atom stereocenters. The molecule has 1 aromatic carbocycles. The van der Waals surface area contributed by atoms with Crippen LogP contribution in [0.4, 0.5) is 0 Å². The molecule has 0 aliphatic heterocycles. The Balaban J connectivity index is 1.69. The summed E-state index contributed by atoms with van der Waals surface area (Å²) in [4.78, 5) is 15.7. The first-order chi connectivity index (χ1) is 9.75. The molecule has 2 aromatic rings. The van der Waals surface area contributed by atoms with Crippen LogP contribution in [0.25, 0.3) is 0 Å². The van der Waals surface area contributed by atoms with Gasteiger partial charge in [0.05, 0.1) is 6.54 Å². The minimum absolute atomic E-state index is 0.0547. The zero-order valence-corrected chi connectivity index (χ0v) is 11.7. The lowest BCUT2D eigenvalue weighted by molar-refractivity contribution is -0.120. The highest BCUT2D eigenvalue weighted by Gasteiger charge is 2.02. The van der Waals surface area contributed by atoms with Gasteiger partial charge >= 0.3 is 0 Å². The van der Waals surface area contributed by atoms with Gasteiger partial charge in [-0.15, -0.1) is 0 Å². The molecule has 5 heteroatoms. The Kier molecular flexibility index (Phi) is 5.53. The van der Waals surface area contributed by atoms with Crippen molar-refractivity contribution in [3.63, 3.8) is 0 Å². The van der Waals surface area contributed by atoms with Gasteiger partial charge in [0.1, 0.15) is 0 Å². The van der Waals surface area contributed by atoms with Crippen LogP contribution in [0.3, 0.4) is 0 Å². The van der Waals surface area contributed by atoms with Crippen LogP contribution in [0.5, 0.6) is 0 Å². The minimum atomic E-state index is -0.0547. The van der Waals surface area contributed by atoms with E-state index in [1.54, 1.807) is 12.4 Å². The molecule has 2 N–H and O–H groups in total. The van der Waals surface area contributed by atoms with Crippen LogP contribution < -0.4 is 10.6 Å². The van der Waals surface area contributed by atoms with Crippen LogP contribution in [-0.2, 0) is 17.9 Å². The van der Waals surface area contributed by atoms with Crippen molar-refractivity contribution in [3.05, 3.63) is 64.9 Å². The number of benzene rings is 1. The molecule has 0 bridgehead atoms. The predicted molar refractivity (Wildman–Crippen MR) is 79.2 cm³/mol. The van der Waals surface area contributed by atoms with Gasteiger partial charge in [0.25, 0.3) is 0 Å². The van der Waals surface area contributed by atoms with Gasteiger partial charge in [-0.2, -0.15) is 0 Å². The maximum Gasteiger partial charge on any atom is 0.234 e. The Hall–Kier alpha value is -1.91. The summed E-state index contributed by atoms with van der Waals surface area (Å²) in [6.45, 7) is 1.31. The van der Waals surface area contributed by atoms with Gasteiger partial charge in [-0.3, -0.25) is 9.78 Å². The van der Waals surface area contributed by atoms with Crippen LogP contribution in [0.15, 0.2) is 48.8 Å². The van der Waals surface area contributed by atoms with Gasteiger partial charge in [-0.1, -0.05) is 35.9 Å². The number of carbonyl (C=O) groups excluding carboxylic acids is 1. The first kappa shape index (κ1) is 14.5. The fourth-order valence-electron chi connectivity index (χ4n) is 1.72. The Morgan fingerprint density at radius 1 is 1.15 bits per heavy atom. The zero-order valence-electron chi connectivity index (χ0n) is 11.0. The lowest BCUT2D eigenvalue weighted by Crippen LogP contribution is -2.33. The SMILES string of the molecule is O=C(CNCc1ccccc1Cl)NCc1cccnc1. The zero-order chi connectivity index (χ0) is 14.2. The number of nitrogens with one attached hydrogen (secondary N) is 2. The van der Waals surface area contributed by atoms with Gasteiger partial charge < -0.3 is 10.6 Å². The molecule has 0 fully saturated rings. The number of pyridine rings is 1. The van der Waals surface area contributed by atoms with E-state index in [2.05, 4.69) is 15.6 Å². The van der Waals surface area contributed by atoms with Crippen molar-refractivity contribution in [1.29, 1.82) is 0 Å². The van der Waals surface area contributed by atoms with Crippen LogP contribution >= 0.6 is 11.6 Å². The second-order valence-corrected chi connectivity index (χ2v) is 4.74. The molecule has 0 aliphatic carbocycles. The summed E-state index contributed by atoms with van der Waals surface area (Å²) in [6.07, 6.45) is 3.44. The molecule has 20 heavy (non-hydrogen) atoms. The highest BCUT2D eigenvalue weighted by atomic mass is 35.5. The van der Waals surface area contributed by atoms with E-state index in [-0.39, 0.29) is 12.5 Å². The standard InChI is InChI=1S/C15H16ClN3O/c16-14-6-2-1-5-13(14)10-18-11-15(20)19-9-12-4-3-7-17-8-12/h1-8,18H,9-11H2,(H,19,20). The molecule has 4 nitrogen and oxygen atoms in total. The van der Waals surface area contributed by atoms with Crippen molar-refractivity contribution in [2.45, 2.75) is 13.1 Å². The molecule has 0 atom stereocenters. The molecular weight excluding hydrogens is 274 g/mol. The van der Waals surface area contributed by atoms with Gasteiger partial charge in [-0.25, -0.2) is 0 Å². The van der Waals surface area contributed by atoms with Gasteiger partial charge in [0.15, 0.2) is 0 Å². The van der Waals surface area contributed by atoms with Crippen molar-refractivity contribution in [1.82, 2.24) is 15.6 Å². The predicted octanol–water partition coefficient (Wildman–Crippen LogP) is 2.14. The molecule has 0 radical (unpaired) electrons. The lowest BCUT2D eigenvalue weighted by atomic mass is 10.2. The molecule has 0 aliphatic rings. The number of nitrogens with zero attached hydrogens (tertiary/aromatic N) is 1. The van der Waals surface area contributed by atoms with E-state index in [0.29, 0.717) is 18.1 Å². The van der Waals surface area contributed by atoms with Gasteiger partial charge in [-0.05, 0) is 23.3 Å². The normalized spacial score (nSPS) is 10.2. The van der Waals surface area contributed by atoms with Crippen molar-refractivity contribution in [2.75, 3.05) is 6.54 Å². The Labute approximate surface area is 123 Å². The summed E-state index contributed by atoms with van der Waals surface area (Å²) in [5, 5.41) is 6.60. The maximum atomic E-state index is 11.7. The number of carbonyl (C=O) groups is 1. The number of halogens is 1. The van der Waals surface area contributed by atoms with Crippen LogP contribution in [0.2, 0.25) is 5.02 Å². The van der Waals surface area contributed by atoms with Gasteiger partial charge in [0, 0.05) is 30.5 Å². The highest BCUT2D eigenvalue weighted by Crippen LogP contribution is 2.13. The van der Waals surface area contributed by atoms with Crippen molar-refractivity contribution in [2.24, 2.45) is 0 Å². The topological polar surface area (TPSA) is 54.0 Å². The summed E-state index contributed by atoms with van der Waals surface area (Å²) >= 11 is 6.03. The van der Waals surface area contributed by atoms with E-state index in [4.69, 9.17) is 11.6 Å². The third-order valence-corrected chi connectivity index (χ3v) is 3.14. The number of rotatable bonds is 6. The van der Waals surface area contributed by atoms with E-state index < -0.39 is 0 Å². The van der Waals surface area contributed by atoms with Crippen LogP contribution in [-0.4, -0.2) is 17.4 Å². The molecule has 0 saturated carbocycles. The summed E-state index contributed by atoms with van der Waals surface area (Å²) < 4.78 is 0. The number of hydrogen-bond acceptors (Lipinski definition) is 3. The number of amides is 1. The Morgan fingerprint density at radius 2 is 2.00 bits per heavy atom. The first-order valence-electron chi connectivity index (χ1n) is 6.35. The number of aromatic nitrogens is 1. The van der Waals surface area contributed by atoms with Crippen LogP contribution in [0, 0.1) is 0 Å². The van der Waals surface area contributed by atoms with Crippen molar-refractivity contribution >= 4 is 17.5 Å². The fourth-order valence-corrected chi connectivity index (χ4v) is 1.92.